The number of rotatable bonds is 7. The van der Waals surface area contributed by atoms with Crippen LogP contribution < -0.4 is 0 Å². The molecule has 0 aliphatic carbocycles. The van der Waals surface area contributed by atoms with Crippen molar-refractivity contribution in [2.45, 2.75) is 52.0 Å². The first-order valence-electron chi connectivity index (χ1n) is 6.95. The summed E-state index contributed by atoms with van der Waals surface area (Å²) in [6.45, 7) is 6.41. The van der Waals surface area contributed by atoms with E-state index in [0.717, 1.165) is 51.9 Å². The molecule has 1 fully saturated rings. The van der Waals surface area contributed by atoms with Gasteiger partial charge in [-0.05, 0) is 53.1 Å². The summed E-state index contributed by atoms with van der Waals surface area (Å²) in [5, 5.41) is 9.03. The summed E-state index contributed by atoms with van der Waals surface area (Å²) < 4.78 is 5.35. The van der Waals surface area contributed by atoms with Crippen LogP contribution in [-0.2, 0) is 9.53 Å². The summed E-state index contributed by atoms with van der Waals surface area (Å²) in [5.41, 5.74) is -0.586. The highest BCUT2D eigenvalue weighted by atomic mass is 16.5. The molecule has 1 aliphatic heterocycles. The predicted molar refractivity (Wildman–Crippen MR) is 71.7 cm³/mol. The van der Waals surface area contributed by atoms with Gasteiger partial charge in [0.1, 0.15) is 0 Å². The fourth-order valence-electron chi connectivity index (χ4n) is 2.34. The number of carboxylic acid groups (broad SMARTS) is 1. The highest BCUT2D eigenvalue weighted by Gasteiger charge is 2.26. The van der Waals surface area contributed by atoms with E-state index in [9.17, 15) is 4.79 Å². The van der Waals surface area contributed by atoms with Crippen molar-refractivity contribution in [3.63, 3.8) is 0 Å². The SMILES string of the molecule is CN(CCCCC(C)(C)C(=O)O)C1CCOCC1. The van der Waals surface area contributed by atoms with Crippen molar-refractivity contribution in [1.82, 2.24) is 4.90 Å². The largest absolute Gasteiger partial charge is 0.481 e. The maximum Gasteiger partial charge on any atom is 0.309 e. The van der Waals surface area contributed by atoms with Gasteiger partial charge in [-0.1, -0.05) is 6.42 Å². The number of hydrogen-bond acceptors (Lipinski definition) is 3. The molecule has 0 aromatic carbocycles. The van der Waals surface area contributed by atoms with Crippen LogP contribution in [0.4, 0.5) is 0 Å². The Kier molecular flexibility index (Phi) is 6.09. The van der Waals surface area contributed by atoms with Gasteiger partial charge in [-0.3, -0.25) is 4.79 Å². The third kappa shape index (κ3) is 4.94. The Balaban J connectivity index is 2.15. The molecular weight excluding hydrogens is 230 g/mol. The summed E-state index contributed by atoms with van der Waals surface area (Å²) in [6.07, 6.45) is 5.05. The molecule has 1 N–H and O–H groups in total. The Hall–Kier alpha value is -0.610. The first-order chi connectivity index (χ1) is 8.43. The summed E-state index contributed by atoms with van der Waals surface area (Å²) in [7, 11) is 2.17. The Morgan fingerprint density at radius 2 is 1.94 bits per heavy atom. The number of ether oxygens (including phenoxy) is 1. The summed E-state index contributed by atoms with van der Waals surface area (Å²) >= 11 is 0. The molecule has 0 amide bonds. The predicted octanol–water partition coefficient (Wildman–Crippen LogP) is 2.38. The second kappa shape index (κ2) is 7.10. The lowest BCUT2D eigenvalue weighted by Gasteiger charge is -2.31. The van der Waals surface area contributed by atoms with Gasteiger partial charge in [-0.15, -0.1) is 0 Å². The lowest BCUT2D eigenvalue weighted by atomic mass is 9.87. The lowest BCUT2D eigenvalue weighted by molar-refractivity contribution is -0.147. The highest BCUT2D eigenvalue weighted by Crippen LogP contribution is 2.23. The van der Waals surface area contributed by atoms with Gasteiger partial charge in [0.2, 0.25) is 0 Å². The van der Waals surface area contributed by atoms with E-state index in [4.69, 9.17) is 9.84 Å². The fourth-order valence-corrected chi connectivity index (χ4v) is 2.34. The maximum atomic E-state index is 11.0. The zero-order valence-electron chi connectivity index (χ0n) is 11.9. The number of nitrogens with zero attached hydrogens (tertiary/aromatic N) is 1. The van der Waals surface area contributed by atoms with Crippen LogP contribution in [0.1, 0.15) is 46.0 Å². The molecule has 4 heteroatoms. The van der Waals surface area contributed by atoms with Gasteiger partial charge in [0.05, 0.1) is 5.41 Å². The smallest absolute Gasteiger partial charge is 0.309 e. The highest BCUT2D eigenvalue weighted by molar-refractivity contribution is 5.73. The second-order valence-corrected chi connectivity index (χ2v) is 5.97. The number of hydrogen-bond donors (Lipinski definition) is 1. The van der Waals surface area contributed by atoms with Crippen LogP contribution in [0.15, 0.2) is 0 Å². The molecule has 0 aromatic rings. The van der Waals surface area contributed by atoms with Crippen LogP contribution in [0.25, 0.3) is 0 Å². The minimum absolute atomic E-state index is 0.586. The Bertz CT molecular complexity index is 260. The topological polar surface area (TPSA) is 49.8 Å². The van der Waals surface area contributed by atoms with Crippen LogP contribution in [0.3, 0.4) is 0 Å². The summed E-state index contributed by atoms with van der Waals surface area (Å²) in [6, 6.07) is 0.645. The number of carboxylic acids is 1. The van der Waals surface area contributed by atoms with Crippen LogP contribution in [0, 0.1) is 5.41 Å². The van der Waals surface area contributed by atoms with Crippen molar-refractivity contribution in [1.29, 1.82) is 0 Å². The third-order valence-electron chi connectivity index (χ3n) is 3.96. The van der Waals surface area contributed by atoms with E-state index in [1.165, 1.54) is 0 Å². The zero-order valence-corrected chi connectivity index (χ0v) is 11.9. The molecule has 0 radical (unpaired) electrons. The van der Waals surface area contributed by atoms with Crippen molar-refractivity contribution < 1.29 is 14.6 Å². The van der Waals surface area contributed by atoms with Crippen molar-refractivity contribution in [3.05, 3.63) is 0 Å². The van der Waals surface area contributed by atoms with Gasteiger partial charge >= 0.3 is 5.97 Å². The molecule has 1 heterocycles. The molecule has 106 valence electrons. The van der Waals surface area contributed by atoms with Gasteiger partial charge in [0.25, 0.3) is 0 Å². The fraction of sp³-hybridized carbons (Fsp3) is 0.929. The number of carbonyl (C=O) groups is 1. The number of aliphatic carboxylic acids is 1. The Morgan fingerprint density at radius 1 is 1.33 bits per heavy atom. The number of unbranched alkanes of at least 4 members (excludes halogenated alkanes) is 1. The van der Waals surface area contributed by atoms with Gasteiger partial charge in [-0.2, -0.15) is 0 Å². The summed E-state index contributed by atoms with van der Waals surface area (Å²) in [5.74, 6) is -0.694. The molecule has 0 atom stereocenters. The molecule has 1 saturated heterocycles. The minimum Gasteiger partial charge on any atom is -0.481 e. The molecule has 0 aromatic heterocycles. The average molecular weight is 257 g/mol. The monoisotopic (exact) mass is 257 g/mol. The molecular formula is C14H27NO3. The molecule has 0 saturated carbocycles. The molecule has 4 nitrogen and oxygen atoms in total. The average Bonchev–Trinajstić information content (AvgIpc) is 2.35. The van der Waals surface area contributed by atoms with Gasteiger partial charge in [-0.25, -0.2) is 0 Å². The normalized spacial score (nSPS) is 18.2. The molecule has 18 heavy (non-hydrogen) atoms. The van der Waals surface area contributed by atoms with E-state index < -0.39 is 11.4 Å². The van der Waals surface area contributed by atoms with Crippen molar-refractivity contribution in [2.75, 3.05) is 26.8 Å². The van der Waals surface area contributed by atoms with E-state index >= 15 is 0 Å². The van der Waals surface area contributed by atoms with E-state index in [0.29, 0.717) is 6.04 Å². The maximum absolute atomic E-state index is 11.0. The second-order valence-electron chi connectivity index (χ2n) is 5.97. The Morgan fingerprint density at radius 3 is 2.50 bits per heavy atom. The minimum atomic E-state index is -0.694. The first kappa shape index (κ1) is 15.4. The van der Waals surface area contributed by atoms with Gasteiger partial charge in [0, 0.05) is 19.3 Å². The van der Waals surface area contributed by atoms with Crippen LogP contribution in [0.2, 0.25) is 0 Å². The van der Waals surface area contributed by atoms with E-state index in [1.807, 2.05) is 0 Å². The molecule has 0 bridgehead atoms. The summed E-state index contributed by atoms with van der Waals surface area (Å²) in [4.78, 5) is 13.4. The van der Waals surface area contributed by atoms with Crippen LogP contribution >= 0.6 is 0 Å². The van der Waals surface area contributed by atoms with E-state index in [-0.39, 0.29) is 0 Å². The Labute approximate surface area is 110 Å². The molecule has 1 rings (SSSR count). The van der Waals surface area contributed by atoms with Crippen LogP contribution in [-0.4, -0.2) is 48.8 Å². The zero-order chi connectivity index (χ0) is 13.6. The van der Waals surface area contributed by atoms with E-state index in [2.05, 4.69) is 11.9 Å². The van der Waals surface area contributed by atoms with Crippen molar-refractivity contribution >= 4 is 5.97 Å². The standard InChI is InChI=1S/C14H27NO3/c1-14(2,13(16)17)8-4-5-9-15(3)12-6-10-18-11-7-12/h12H,4-11H2,1-3H3,(H,16,17). The van der Waals surface area contributed by atoms with Crippen molar-refractivity contribution in [2.24, 2.45) is 5.41 Å². The van der Waals surface area contributed by atoms with E-state index in [1.54, 1.807) is 13.8 Å². The molecule has 0 spiro atoms. The molecule has 0 unspecified atom stereocenters. The lowest BCUT2D eigenvalue weighted by Crippen LogP contribution is -2.37. The molecule has 1 aliphatic rings. The van der Waals surface area contributed by atoms with Gasteiger partial charge < -0.3 is 14.7 Å². The van der Waals surface area contributed by atoms with Crippen LogP contribution in [0.5, 0.6) is 0 Å². The van der Waals surface area contributed by atoms with Crippen molar-refractivity contribution in [3.8, 4) is 0 Å². The third-order valence-corrected chi connectivity index (χ3v) is 3.96. The van der Waals surface area contributed by atoms with Gasteiger partial charge in [0.15, 0.2) is 0 Å². The quantitative estimate of drug-likeness (QED) is 0.711. The first-order valence-corrected chi connectivity index (χ1v) is 6.95.